The van der Waals surface area contributed by atoms with Crippen molar-refractivity contribution in [2.45, 2.75) is 33.6 Å². The Balaban J connectivity index is 2.47. The van der Waals surface area contributed by atoms with Gasteiger partial charge in [0.05, 0.1) is 7.11 Å². The van der Waals surface area contributed by atoms with E-state index in [1.54, 1.807) is 7.11 Å². The molecule has 0 aliphatic rings. The van der Waals surface area contributed by atoms with Gasteiger partial charge in [-0.1, -0.05) is 19.4 Å². The molecule has 3 N–H and O–H groups in total. The van der Waals surface area contributed by atoms with Crippen LogP contribution in [0.15, 0.2) is 12.1 Å². The zero-order valence-electron chi connectivity index (χ0n) is 12.8. The Morgan fingerprint density at radius 3 is 2.58 bits per heavy atom. The second-order valence-corrected chi connectivity index (χ2v) is 5.21. The van der Waals surface area contributed by atoms with E-state index in [0.717, 1.165) is 38.2 Å². The van der Waals surface area contributed by atoms with Gasteiger partial charge in [-0.15, -0.1) is 0 Å². The molecule has 0 aliphatic carbocycles. The predicted octanol–water partition coefficient (Wildman–Crippen LogP) is 2.43. The van der Waals surface area contributed by atoms with Crippen molar-refractivity contribution in [3.05, 3.63) is 28.8 Å². The van der Waals surface area contributed by atoms with E-state index in [2.05, 4.69) is 38.2 Å². The summed E-state index contributed by atoms with van der Waals surface area (Å²) in [4.78, 5) is 0. The maximum atomic E-state index is 5.70. The Labute approximate surface area is 117 Å². The van der Waals surface area contributed by atoms with E-state index < -0.39 is 0 Å². The minimum Gasteiger partial charge on any atom is -0.496 e. The molecular formula is C16H28N2O. The van der Waals surface area contributed by atoms with E-state index in [9.17, 15) is 0 Å². The SMILES string of the molecule is CCC(CN)CNCCc1cc(C)c(OC)cc1C. The van der Waals surface area contributed by atoms with E-state index >= 15 is 0 Å². The van der Waals surface area contributed by atoms with Crippen LogP contribution in [-0.2, 0) is 6.42 Å². The monoisotopic (exact) mass is 264 g/mol. The second kappa shape index (κ2) is 8.18. The molecule has 0 fully saturated rings. The molecule has 19 heavy (non-hydrogen) atoms. The van der Waals surface area contributed by atoms with Crippen LogP contribution >= 0.6 is 0 Å². The average Bonchev–Trinajstić information content (AvgIpc) is 2.42. The fourth-order valence-corrected chi connectivity index (χ4v) is 2.26. The van der Waals surface area contributed by atoms with Crippen molar-refractivity contribution < 1.29 is 4.74 Å². The summed E-state index contributed by atoms with van der Waals surface area (Å²) in [7, 11) is 1.72. The molecule has 0 radical (unpaired) electrons. The largest absolute Gasteiger partial charge is 0.496 e. The van der Waals surface area contributed by atoms with Crippen molar-refractivity contribution in [1.82, 2.24) is 5.32 Å². The van der Waals surface area contributed by atoms with Gasteiger partial charge in [0.15, 0.2) is 0 Å². The van der Waals surface area contributed by atoms with Crippen molar-refractivity contribution in [1.29, 1.82) is 0 Å². The molecule has 0 saturated heterocycles. The Morgan fingerprint density at radius 1 is 1.26 bits per heavy atom. The van der Waals surface area contributed by atoms with Gasteiger partial charge < -0.3 is 15.8 Å². The lowest BCUT2D eigenvalue weighted by Gasteiger charge is -2.14. The number of methoxy groups -OCH3 is 1. The van der Waals surface area contributed by atoms with Gasteiger partial charge in [0, 0.05) is 0 Å². The molecule has 3 nitrogen and oxygen atoms in total. The number of rotatable bonds is 8. The van der Waals surface area contributed by atoms with Gasteiger partial charge in [0.2, 0.25) is 0 Å². The predicted molar refractivity (Wildman–Crippen MR) is 81.9 cm³/mol. The Morgan fingerprint density at radius 2 is 2.00 bits per heavy atom. The third kappa shape index (κ3) is 4.84. The lowest BCUT2D eigenvalue weighted by molar-refractivity contribution is 0.411. The van der Waals surface area contributed by atoms with Gasteiger partial charge in [-0.3, -0.25) is 0 Å². The number of aryl methyl sites for hydroxylation is 2. The molecule has 1 rings (SSSR count). The highest BCUT2D eigenvalue weighted by atomic mass is 16.5. The lowest BCUT2D eigenvalue weighted by Crippen LogP contribution is -2.29. The van der Waals surface area contributed by atoms with Gasteiger partial charge in [0.25, 0.3) is 0 Å². The van der Waals surface area contributed by atoms with Crippen LogP contribution in [0.25, 0.3) is 0 Å². The van der Waals surface area contributed by atoms with Crippen LogP contribution in [-0.4, -0.2) is 26.7 Å². The van der Waals surface area contributed by atoms with Crippen LogP contribution in [0.2, 0.25) is 0 Å². The van der Waals surface area contributed by atoms with Gasteiger partial charge >= 0.3 is 0 Å². The highest BCUT2D eigenvalue weighted by molar-refractivity contribution is 5.41. The first kappa shape index (κ1) is 16.0. The van der Waals surface area contributed by atoms with Crippen LogP contribution in [0.1, 0.15) is 30.0 Å². The molecule has 0 bridgehead atoms. The molecule has 0 amide bonds. The number of ether oxygens (including phenoxy) is 1. The normalized spacial score (nSPS) is 12.5. The molecule has 0 aliphatic heterocycles. The summed E-state index contributed by atoms with van der Waals surface area (Å²) in [6, 6.07) is 4.36. The highest BCUT2D eigenvalue weighted by Crippen LogP contribution is 2.22. The standard InChI is InChI=1S/C16H28N2O/c1-5-14(10-17)11-18-7-6-15-8-13(3)16(19-4)9-12(15)2/h8-9,14,18H,5-7,10-11,17H2,1-4H3. The first-order valence-corrected chi connectivity index (χ1v) is 7.17. The minimum atomic E-state index is 0.596. The average molecular weight is 264 g/mol. The molecule has 0 saturated carbocycles. The smallest absolute Gasteiger partial charge is 0.122 e. The maximum absolute atomic E-state index is 5.70. The fourth-order valence-electron chi connectivity index (χ4n) is 2.26. The molecule has 1 aromatic rings. The molecule has 1 atom stereocenters. The van der Waals surface area contributed by atoms with E-state index in [-0.39, 0.29) is 0 Å². The molecule has 1 unspecified atom stereocenters. The molecule has 0 heterocycles. The Hall–Kier alpha value is -1.06. The second-order valence-electron chi connectivity index (χ2n) is 5.21. The van der Waals surface area contributed by atoms with Crippen LogP contribution in [0.5, 0.6) is 5.75 Å². The topological polar surface area (TPSA) is 47.3 Å². The Bertz CT molecular complexity index is 387. The Kier molecular flexibility index (Phi) is 6.89. The number of benzene rings is 1. The van der Waals surface area contributed by atoms with Crippen molar-refractivity contribution >= 4 is 0 Å². The first-order chi connectivity index (χ1) is 9.12. The number of nitrogens with two attached hydrogens (primary N) is 1. The van der Waals surface area contributed by atoms with Crippen molar-refractivity contribution in [3.63, 3.8) is 0 Å². The van der Waals surface area contributed by atoms with Crippen LogP contribution in [0.3, 0.4) is 0 Å². The van der Waals surface area contributed by atoms with Gasteiger partial charge in [0.1, 0.15) is 5.75 Å². The zero-order valence-corrected chi connectivity index (χ0v) is 12.8. The summed E-state index contributed by atoms with van der Waals surface area (Å²) < 4.78 is 5.34. The summed E-state index contributed by atoms with van der Waals surface area (Å²) in [6.07, 6.45) is 2.20. The van der Waals surface area contributed by atoms with Gasteiger partial charge in [-0.05, 0) is 68.6 Å². The first-order valence-electron chi connectivity index (χ1n) is 7.17. The summed E-state index contributed by atoms with van der Waals surface area (Å²) in [5.41, 5.74) is 9.60. The highest BCUT2D eigenvalue weighted by Gasteiger charge is 2.06. The van der Waals surface area contributed by atoms with Gasteiger partial charge in [-0.25, -0.2) is 0 Å². The molecule has 1 aromatic carbocycles. The summed E-state index contributed by atoms with van der Waals surface area (Å²) >= 11 is 0. The van der Waals surface area contributed by atoms with Crippen molar-refractivity contribution in [2.75, 3.05) is 26.7 Å². The molecule has 108 valence electrons. The third-order valence-corrected chi connectivity index (χ3v) is 3.77. The number of hydrogen-bond donors (Lipinski definition) is 2. The maximum Gasteiger partial charge on any atom is 0.122 e. The molecular weight excluding hydrogens is 236 g/mol. The quantitative estimate of drug-likeness (QED) is 0.709. The van der Waals surface area contributed by atoms with Crippen LogP contribution in [0, 0.1) is 19.8 Å². The van der Waals surface area contributed by atoms with Crippen LogP contribution < -0.4 is 15.8 Å². The van der Waals surface area contributed by atoms with Crippen molar-refractivity contribution in [3.8, 4) is 5.75 Å². The number of hydrogen-bond acceptors (Lipinski definition) is 3. The van der Waals surface area contributed by atoms with E-state index in [1.807, 2.05) is 0 Å². The minimum absolute atomic E-state index is 0.596. The molecule has 0 aromatic heterocycles. The summed E-state index contributed by atoms with van der Waals surface area (Å²) in [5, 5.41) is 3.50. The summed E-state index contributed by atoms with van der Waals surface area (Å²) in [5.74, 6) is 1.57. The zero-order chi connectivity index (χ0) is 14.3. The van der Waals surface area contributed by atoms with E-state index in [0.29, 0.717) is 5.92 Å². The third-order valence-electron chi connectivity index (χ3n) is 3.77. The lowest BCUT2D eigenvalue weighted by atomic mass is 10.0. The van der Waals surface area contributed by atoms with E-state index in [1.165, 1.54) is 16.7 Å². The summed E-state index contributed by atoms with van der Waals surface area (Å²) in [6.45, 7) is 9.22. The molecule has 3 heteroatoms. The van der Waals surface area contributed by atoms with E-state index in [4.69, 9.17) is 10.5 Å². The number of nitrogens with one attached hydrogen (secondary N) is 1. The van der Waals surface area contributed by atoms with Crippen LogP contribution in [0.4, 0.5) is 0 Å². The fraction of sp³-hybridized carbons (Fsp3) is 0.625. The van der Waals surface area contributed by atoms with Crippen molar-refractivity contribution in [2.24, 2.45) is 11.7 Å². The van der Waals surface area contributed by atoms with Gasteiger partial charge in [-0.2, -0.15) is 0 Å². The molecule has 0 spiro atoms.